The molecule has 0 aliphatic rings. The molecule has 0 bridgehead atoms. The van der Waals surface area contributed by atoms with Crippen LogP contribution in [0.15, 0.2) is 24.3 Å². The van der Waals surface area contributed by atoms with Crippen LogP contribution in [-0.2, 0) is 9.47 Å². The molecule has 0 aliphatic heterocycles. The van der Waals surface area contributed by atoms with Gasteiger partial charge in [-0.1, -0.05) is 0 Å². The topological polar surface area (TPSA) is 70.8 Å². The number of hydrogen-bond acceptors (Lipinski definition) is 5. The van der Waals surface area contributed by atoms with Gasteiger partial charge in [0, 0.05) is 32.8 Å². The molecule has 1 aromatic rings. The monoisotopic (exact) mass is 241 g/mol. The molecule has 0 spiro atoms. The molecule has 6 heteroatoms. The Balaban J connectivity index is 2.39. The smallest absolute Gasteiger partial charge is 0.269 e. The average molecular weight is 241 g/mol. The van der Waals surface area contributed by atoms with E-state index >= 15 is 0 Å². The van der Waals surface area contributed by atoms with Crippen LogP contribution in [-0.4, -0.2) is 32.0 Å². The molecule has 94 valence electrons. The minimum absolute atomic E-state index is 0.0454. The SMILES string of the molecule is COC(CCOc1ccc([N+](=O)[O-])cc1)OC. The first-order chi connectivity index (χ1) is 8.17. The Hall–Kier alpha value is -1.66. The van der Waals surface area contributed by atoms with Crippen molar-refractivity contribution in [3.63, 3.8) is 0 Å². The van der Waals surface area contributed by atoms with Crippen LogP contribution in [0.2, 0.25) is 0 Å². The minimum Gasteiger partial charge on any atom is -0.493 e. The van der Waals surface area contributed by atoms with Crippen LogP contribution < -0.4 is 4.74 Å². The van der Waals surface area contributed by atoms with Crippen molar-refractivity contribution in [2.24, 2.45) is 0 Å². The number of hydrogen-bond donors (Lipinski definition) is 0. The van der Waals surface area contributed by atoms with Crippen LogP contribution in [0, 0.1) is 10.1 Å². The third-order valence-corrected chi connectivity index (χ3v) is 2.20. The van der Waals surface area contributed by atoms with Crippen LogP contribution in [0.4, 0.5) is 5.69 Å². The molecule has 0 N–H and O–H groups in total. The van der Waals surface area contributed by atoms with E-state index in [1.807, 2.05) is 0 Å². The number of methoxy groups -OCH3 is 2. The zero-order chi connectivity index (χ0) is 12.7. The standard InChI is InChI=1S/C11H15NO5/c1-15-11(16-2)7-8-17-10-5-3-9(4-6-10)12(13)14/h3-6,11H,7-8H2,1-2H3. The maximum Gasteiger partial charge on any atom is 0.269 e. The molecule has 0 amide bonds. The lowest BCUT2D eigenvalue weighted by Gasteiger charge is -2.13. The minimum atomic E-state index is -0.449. The highest BCUT2D eigenvalue weighted by Crippen LogP contribution is 2.17. The van der Waals surface area contributed by atoms with Crippen molar-refractivity contribution in [1.82, 2.24) is 0 Å². The van der Waals surface area contributed by atoms with E-state index in [9.17, 15) is 10.1 Å². The zero-order valence-corrected chi connectivity index (χ0v) is 9.79. The number of benzene rings is 1. The molecule has 0 saturated heterocycles. The molecular weight excluding hydrogens is 226 g/mol. The summed E-state index contributed by atoms with van der Waals surface area (Å²) in [7, 11) is 3.11. The van der Waals surface area contributed by atoms with E-state index in [0.29, 0.717) is 18.8 Å². The Kier molecular flexibility index (Phi) is 5.38. The predicted molar refractivity (Wildman–Crippen MR) is 61.0 cm³/mol. The summed E-state index contributed by atoms with van der Waals surface area (Å²) >= 11 is 0. The fraction of sp³-hybridized carbons (Fsp3) is 0.455. The van der Waals surface area contributed by atoms with Crippen LogP contribution >= 0.6 is 0 Å². The van der Waals surface area contributed by atoms with Gasteiger partial charge in [-0.25, -0.2) is 0 Å². The van der Waals surface area contributed by atoms with E-state index < -0.39 is 4.92 Å². The van der Waals surface area contributed by atoms with Gasteiger partial charge in [-0.3, -0.25) is 10.1 Å². The summed E-state index contributed by atoms with van der Waals surface area (Å²) in [5.41, 5.74) is 0.0454. The summed E-state index contributed by atoms with van der Waals surface area (Å²) in [5.74, 6) is 0.585. The van der Waals surface area contributed by atoms with Gasteiger partial charge in [0.1, 0.15) is 5.75 Å². The number of nitrogens with zero attached hydrogens (tertiary/aromatic N) is 1. The zero-order valence-electron chi connectivity index (χ0n) is 9.79. The molecule has 0 aromatic heterocycles. The molecule has 1 aromatic carbocycles. The van der Waals surface area contributed by atoms with Gasteiger partial charge in [0.2, 0.25) is 0 Å². The molecule has 0 heterocycles. The van der Waals surface area contributed by atoms with Crippen LogP contribution in [0.3, 0.4) is 0 Å². The predicted octanol–water partition coefficient (Wildman–Crippen LogP) is 1.98. The third kappa shape index (κ3) is 4.38. The molecule has 0 fully saturated rings. The molecule has 6 nitrogen and oxygen atoms in total. The first kappa shape index (κ1) is 13.4. The van der Waals surface area contributed by atoms with Crippen molar-refractivity contribution in [1.29, 1.82) is 0 Å². The Morgan fingerprint density at radius 3 is 2.29 bits per heavy atom. The van der Waals surface area contributed by atoms with Gasteiger partial charge in [-0.15, -0.1) is 0 Å². The van der Waals surface area contributed by atoms with Gasteiger partial charge < -0.3 is 14.2 Å². The molecule has 1 rings (SSSR count). The molecular formula is C11H15NO5. The highest BCUT2D eigenvalue weighted by atomic mass is 16.7. The first-order valence-corrected chi connectivity index (χ1v) is 5.10. The quantitative estimate of drug-likeness (QED) is 0.414. The second-order valence-electron chi connectivity index (χ2n) is 3.29. The van der Waals surface area contributed by atoms with Crippen LogP contribution in [0.5, 0.6) is 5.75 Å². The lowest BCUT2D eigenvalue weighted by molar-refractivity contribution is -0.384. The number of ether oxygens (including phenoxy) is 3. The maximum absolute atomic E-state index is 10.4. The molecule has 0 unspecified atom stereocenters. The Bertz CT molecular complexity index is 347. The summed E-state index contributed by atoms with van der Waals surface area (Å²) in [6.07, 6.45) is 0.289. The molecule has 17 heavy (non-hydrogen) atoms. The van der Waals surface area contributed by atoms with E-state index in [1.165, 1.54) is 12.1 Å². The second-order valence-corrected chi connectivity index (χ2v) is 3.29. The fourth-order valence-corrected chi connectivity index (χ4v) is 1.27. The Morgan fingerprint density at radius 2 is 1.82 bits per heavy atom. The molecule has 0 radical (unpaired) electrons. The summed E-state index contributed by atoms with van der Waals surface area (Å²) in [6.45, 7) is 0.421. The van der Waals surface area contributed by atoms with Crippen LogP contribution in [0.25, 0.3) is 0 Å². The lowest BCUT2D eigenvalue weighted by atomic mass is 10.3. The van der Waals surface area contributed by atoms with Gasteiger partial charge in [0.05, 0.1) is 11.5 Å². The summed E-state index contributed by atoms with van der Waals surface area (Å²) in [5, 5.41) is 10.4. The largest absolute Gasteiger partial charge is 0.493 e. The summed E-state index contributed by atoms with van der Waals surface area (Å²) in [4.78, 5) is 9.98. The second kappa shape index (κ2) is 6.82. The maximum atomic E-state index is 10.4. The highest BCUT2D eigenvalue weighted by Gasteiger charge is 2.06. The lowest BCUT2D eigenvalue weighted by Crippen LogP contribution is -2.16. The average Bonchev–Trinajstić information content (AvgIpc) is 2.35. The summed E-state index contributed by atoms with van der Waals surface area (Å²) in [6, 6.07) is 5.93. The Morgan fingerprint density at radius 1 is 1.24 bits per heavy atom. The van der Waals surface area contributed by atoms with Crippen molar-refractivity contribution in [3.8, 4) is 5.75 Å². The van der Waals surface area contributed by atoms with E-state index in [-0.39, 0.29) is 12.0 Å². The van der Waals surface area contributed by atoms with Crippen molar-refractivity contribution in [2.75, 3.05) is 20.8 Å². The van der Waals surface area contributed by atoms with Gasteiger partial charge in [0.15, 0.2) is 6.29 Å². The number of nitro groups is 1. The number of rotatable bonds is 7. The van der Waals surface area contributed by atoms with Crippen molar-refractivity contribution >= 4 is 5.69 Å². The van der Waals surface area contributed by atoms with Crippen molar-refractivity contribution in [2.45, 2.75) is 12.7 Å². The Labute approximate surface area is 99.2 Å². The fourth-order valence-electron chi connectivity index (χ4n) is 1.27. The highest BCUT2D eigenvalue weighted by molar-refractivity contribution is 5.35. The van der Waals surface area contributed by atoms with E-state index in [4.69, 9.17) is 14.2 Å². The van der Waals surface area contributed by atoms with Gasteiger partial charge in [-0.2, -0.15) is 0 Å². The van der Waals surface area contributed by atoms with Crippen molar-refractivity contribution < 1.29 is 19.1 Å². The third-order valence-electron chi connectivity index (χ3n) is 2.20. The first-order valence-electron chi connectivity index (χ1n) is 5.10. The van der Waals surface area contributed by atoms with Gasteiger partial charge >= 0.3 is 0 Å². The number of nitro benzene ring substituents is 1. The van der Waals surface area contributed by atoms with Gasteiger partial charge in [0.25, 0.3) is 5.69 Å². The molecule has 0 atom stereocenters. The van der Waals surface area contributed by atoms with E-state index in [1.54, 1.807) is 26.4 Å². The normalized spacial score (nSPS) is 10.5. The molecule has 0 aliphatic carbocycles. The van der Waals surface area contributed by atoms with Crippen molar-refractivity contribution in [3.05, 3.63) is 34.4 Å². The summed E-state index contributed by atoms with van der Waals surface area (Å²) < 4.78 is 15.4. The van der Waals surface area contributed by atoms with Crippen LogP contribution in [0.1, 0.15) is 6.42 Å². The number of non-ortho nitro benzene ring substituents is 1. The molecule has 0 saturated carbocycles. The van der Waals surface area contributed by atoms with E-state index in [2.05, 4.69) is 0 Å². The van der Waals surface area contributed by atoms with E-state index in [0.717, 1.165) is 0 Å². The van der Waals surface area contributed by atoms with Gasteiger partial charge in [-0.05, 0) is 12.1 Å².